The van der Waals surface area contributed by atoms with Crippen molar-refractivity contribution < 1.29 is 27.9 Å². The maximum absolute atomic E-state index is 13.5. The van der Waals surface area contributed by atoms with E-state index in [1.54, 1.807) is 12.1 Å². The third-order valence-corrected chi connectivity index (χ3v) is 4.93. The van der Waals surface area contributed by atoms with Gasteiger partial charge in [-0.3, -0.25) is 14.4 Å². The van der Waals surface area contributed by atoms with Crippen molar-refractivity contribution in [3.63, 3.8) is 0 Å². The van der Waals surface area contributed by atoms with Crippen LogP contribution in [0.15, 0.2) is 47.4 Å². The van der Waals surface area contributed by atoms with Gasteiger partial charge in [0, 0.05) is 4.90 Å². The summed E-state index contributed by atoms with van der Waals surface area (Å²) >= 11 is 1.22. The highest BCUT2D eigenvalue weighted by atomic mass is 32.2. The van der Waals surface area contributed by atoms with E-state index in [0.717, 1.165) is 23.1 Å². The van der Waals surface area contributed by atoms with Crippen molar-refractivity contribution in [3.05, 3.63) is 54.1 Å². The molecule has 2 aromatic rings. The van der Waals surface area contributed by atoms with Crippen LogP contribution in [0.5, 0.6) is 0 Å². The minimum atomic E-state index is -0.941. The van der Waals surface area contributed by atoms with Crippen LogP contribution in [0.4, 0.5) is 20.2 Å². The predicted molar refractivity (Wildman–Crippen MR) is 95.3 cm³/mol. The molecule has 0 saturated carbocycles. The largest absolute Gasteiger partial charge is 0.456 e. The lowest BCUT2D eigenvalue weighted by Crippen LogP contribution is -2.32. The molecule has 6 nitrogen and oxygen atoms in total. The Balaban J connectivity index is 1.51. The average Bonchev–Trinajstić information content (AvgIpc) is 2.64. The summed E-state index contributed by atoms with van der Waals surface area (Å²) in [5.74, 6) is -3.88. The maximum Gasteiger partial charge on any atom is 0.307 e. The first-order chi connectivity index (χ1) is 12.9. The summed E-state index contributed by atoms with van der Waals surface area (Å²) in [6.45, 7) is -0.720. The smallest absolute Gasteiger partial charge is 0.307 e. The molecule has 1 atom stereocenters. The van der Waals surface area contributed by atoms with Crippen molar-refractivity contribution in [3.8, 4) is 0 Å². The van der Waals surface area contributed by atoms with E-state index in [1.165, 1.54) is 11.8 Å². The van der Waals surface area contributed by atoms with Gasteiger partial charge in [-0.25, -0.2) is 8.78 Å². The molecule has 0 fully saturated rings. The number of para-hydroxylation sites is 2. The summed E-state index contributed by atoms with van der Waals surface area (Å²) < 4.78 is 31.8. The van der Waals surface area contributed by atoms with Gasteiger partial charge in [0.15, 0.2) is 6.61 Å². The third kappa shape index (κ3) is 4.62. The topological polar surface area (TPSA) is 84.5 Å². The minimum absolute atomic E-state index is 0.244. The monoisotopic (exact) mass is 392 g/mol. The molecule has 0 aliphatic carbocycles. The van der Waals surface area contributed by atoms with Crippen LogP contribution >= 0.6 is 11.8 Å². The number of carbonyl (C=O) groups is 3. The lowest BCUT2D eigenvalue weighted by Gasteiger charge is -2.23. The predicted octanol–water partition coefficient (Wildman–Crippen LogP) is 2.95. The van der Waals surface area contributed by atoms with Crippen LogP contribution in [0.2, 0.25) is 0 Å². The second-order valence-electron chi connectivity index (χ2n) is 5.60. The number of hydrogen-bond acceptors (Lipinski definition) is 5. The number of rotatable bonds is 5. The highest BCUT2D eigenvalue weighted by Gasteiger charge is 2.29. The van der Waals surface area contributed by atoms with Crippen LogP contribution in [0.1, 0.15) is 6.42 Å². The number of esters is 1. The Kier molecular flexibility index (Phi) is 5.70. The summed E-state index contributed by atoms with van der Waals surface area (Å²) in [7, 11) is 0. The summed E-state index contributed by atoms with van der Waals surface area (Å²) in [6, 6.07) is 10.3. The molecule has 0 saturated heterocycles. The molecular weight excluding hydrogens is 378 g/mol. The first-order valence-electron chi connectivity index (χ1n) is 7.90. The molecule has 0 bridgehead atoms. The normalized spacial score (nSPS) is 15.5. The summed E-state index contributed by atoms with van der Waals surface area (Å²) in [5, 5.41) is 4.01. The quantitative estimate of drug-likeness (QED) is 0.765. The van der Waals surface area contributed by atoms with E-state index in [4.69, 9.17) is 4.74 Å². The van der Waals surface area contributed by atoms with Gasteiger partial charge in [-0.2, -0.15) is 0 Å². The number of carbonyl (C=O) groups excluding carboxylic acids is 3. The van der Waals surface area contributed by atoms with Gasteiger partial charge in [0.25, 0.3) is 5.91 Å². The maximum atomic E-state index is 13.5. The van der Waals surface area contributed by atoms with E-state index in [0.29, 0.717) is 5.69 Å². The SMILES string of the molecule is O=C(COC(=O)C[C@@H]1Sc2ccccc2NC1=O)Nc1c(F)cccc1F. The third-order valence-electron chi connectivity index (χ3n) is 3.65. The lowest BCUT2D eigenvalue weighted by molar-refractivity contribution is -0.147. The summed E-state index contributed by atoms with van der Waals surface area (Å²) in [4.78, 5) is 36.5. The number of ether oxygens (including phenoxy) is 1. The summed E-state index contributed by atoms with van der Waals surface area (Å²) in [6.07, 6.45) is -0.244. The van der Waals surface area contributed by atoms with E-state index < -0.39 is 41.1 Å². The van der Waals surface area contributed by atoms with Crippen LogP contribution in [-0.4, -0.2) is 29.6 Å². The van der Waals surface area contributed by atoms with Crippen LogP contribution < -0.4 is 10.6 Å². The first kappa shape index (κ1) is 18.8. The van der Waals surface area contributed by atoms with E-state index >= 15 is 0 Å². The molecule has 2 aromatic carbocycles. The Labute approximate surface area is 157 Å². The van der Waals surface area contributed by atoms with Crippen molar-refractivity contribution in [2.75, 3.05) is 17.2 Å². The molecule has 140 valence electrons. The number of benzene rings is 2. The Morgan fingerprint density at radius 2 is 1.81 bits per heavy atom. The number of anilines is 2. The molecule has 1 aliphatic rings. The summed E-state index contributed by atoms with van der Waals surface area (Å²) in [5.41, 5.74) is 0.0563. The van der Waals surface area contributed by atoms with Gasteiger partial charge >= 0.3 is 5.97 Å². The number of amides is 2. The molecule has 1 heterocycles. The average molecular weight is 392 g/mol. The second-order valence-corrected chi connectivity index (χ2v) is 6.85. The van der Waals surface area contributed by atoms with Gasteiger partial charge in [0.2, 0.25) is 5.91 Å². The van der Waals surface area contributed by atoms with Crippen LogP contribution in [0.25, 0.3) is 0 Å². The van der Waals surface area contributed by atoms with Gasteiger partial charge < -0.3 is 15.4 Å². The standard InChI is InChI=1S/C18H14F2N2O4S/c19-10-4-3-5-11(20)17(10)22-15(23)9-26-16(24)8-14-18(25)21-12-6-1-2-7-13(12)27-14/h1-7,14H,8-9H2,(H,21,25)(H,22,23)/t14-/m0/s1. The van der Waals surface area contributed by atoms with E-state index in [9.17, 15) is 23.2 Å². The Morgan fingerprint density at radius 1 is 1.11 bits per heavy atom. The zero-order valence-corrected chi connectivity index (χ0v) is 14.6. The lowest BCUT2D eigenvalue weighted by atomic mass is 10.2. The second kappa shape index (κ2) is 8.17. The molecule has 9 heteroatoms. The zero-order valence-electron chi connectivity index (χ0n) is 13.8. The molecule has 27 heavy (non-hydrogen) atoms. The fraction of sp³-hybridized carbons (Fsp3) is 0.167. The Hall–Kier alpha value is -2.94. The Morgan fingerprint density at radius 3 is 2.56 bits per heavy atom. The number of hydrogen-bond donors (Lipinski definition) is 2. The number of nitrogens with one attached hydrogen (secondary N) is 2. The van der Waals surface area contributed by atoms with Crippen molar-refractivity contribution in [2.24, 2.45) is 0 Å². The van der Waals surface area contributed by atoms with Gasteiger partial charge in [-0.15, -0.1) is 11.8 Å². The van der Waals surface area contributed by atoms with Crippen LogP contribution in [0, 0.1) is 11.6 Å². The molecule has 0 radical (unpaired) electrons. The van der Waals surface area contributed by atoms with Crippen LogP contribution in [-0.2, 0) is 19.1 Å². The van der Waals surface area contributed by atoms with Crippen molar-refractivity contribution >= 4 is 40.9 Å². The van der Waals surface area contributed by atoms with Crippen LogP contribution in [0.3, 0.4) is 0 Å². The number of halogens is 2. The van der Waals surface area contributed by atoms with Crippen molar-refractivity contribution in [2.45, 2.75) is 16.6 Å². The van der Waals surface area contributed by atoms with E-state index in [2.05, 4.69) is 5.32 Å². The Bertz CT molecular complexity index is 886. The molecule has 2 N–H and O–H groups in total. The fourth-order valence-electron chi connectivity index (χ4n) is 2.38. The van der Waals surface area contributed by atoms with E-state index in [-0.39, 0.29) is 12.3 Å². The van der Waals surface area contributed by atoms with Crippen molar-refractivity contribution in [1.29, 1.82) is 0 Å². The molecule has 3 rings (SSSR count). The van der Waals surface area contributed by atoms with Gasteiger partial charge in [0.1, 0.15) is 17.3 Å². The van der Waals surface area contributed by atoms with Gasteiger partial charge in [-0.05, 0) is 24.3 Å². The number of thioether (sulfide) groups is 1. The highest BCUT2D eigenvalue weighted by Crippen LogP contribution is 2.36. The molecule has 1 aliphatic heterocycles. The molecule has 0 aromatic heterocycles. The number of fused-ring (bicyclic) bond motifs is 1. The molecular formula is C18H14F2N2O4S. The minimum Gasteiger partial charge on any atom is -0.456 e. The van der Waals surface area contributed by atoms with Gasteiger partial charge in [-0.1, -0.05) is 18.2 Å². The molecule has 0 unspecified atom stereocenters. The molecule has 2 amide bonds. The van der Waals surface area contributed by atoms with E-state index in [1.807, 2.05) is 17.4 Å². The van der Waals surface area contributed by atoms with Crippen molar-refractivity contribution in [1.82, 2.24) is 0 Å². The first-order valence-corrected chi connectivity index (χ1v) is 8.78. The zero-order chi connectivity index (χ0) is 19.4. The molecule has 0 spiro atoms. The van der Waals surface area contributed by atoms with Gasteiger partial charge in [0.05, 0.1) is 17.4 Å². The fourth-order valence-corrected chi connectivity index (χ4v) is 3.47. The highest BCUT2D eigenvalue weighted by molar-refractivity contribution is 8.01.